The maximum atomic E-state index is 2.32. The summed E-state index contributed by atoms with van der Waals surface area (Å²) in [6.45, 7) is 4.33. The minimum atomic E-state index is 1.13. The van der Waals surface area contributed by atoms with E-state index in [1.54, 1.807) is 0 Å². The smallest absolute Gasteiger partial charge is 0.0490 e. The Hall–Kier alpha value is -6.90. The molecule has 8 aromatic rings. The van der Waals surface area contributed by atoms with Gasteiger partial charge in [0.05, 0.1) is 0 Å². The Labute approximate surface area is 319 Å². The summed E-state index contributed by atoms with van der Waals surface area (Å²) in [5.41, 5.74) is 14.1. The lowest BCUT2D eigenvalue weighted by atomic mass is 9.98. The van der Waals surface area contributed by atoms with Crippen molar-refractivity contribution < 1.29 is 0 Å². The van der Waals surface area contributed by atoms with E-state index >= 15 is 0 Å². The van der Waals surface area contributed by atoms with Crippen LogP contribution in [0.5, 0.6) is 0 Å². The number of nitrogens with zero attached hydrogens (tertiary/aromatic N) is 2. The zero-order valence-electron chi connectivity index (χ0n) is 30.7. The van der Waals surface area contributed by atoms with Crippen molar-refractivity contribution in [3.05, 3.63) is 228 Å². The minimum absolute atomic E-state index is 1.13. The first-order valence-electron chi connectivity index (χ1n) is 18.5. The summed E-state index contributed by atoms with van der Waals surface area (Å²) in [4.78, 5) is 4.64. The molecule has 0 N–H and O–H groups in total. The van der Waals surface area contributed by atoms with E-state index in [0.717, 1.165) is 33.9 Å². The van der Waals surface area contributed by atoms with Crippen molar-refractivity contribution in [2.24, 2.45) is 0 Å². The molecule has 0 fully saturated rings. The Morgan fingerprint density at radius 3 is 1.02 bits per heavy atom. The molecule has 0 aliphatic carbocycles. The van der Waals surface area contributed by atoms with Crippen LogP contribution in [0.3, 0.4) is 0 Å². The van der Waals surface area contributed by atoms with Crippen molar-refractivity contribution in [1.29, 1.82) is 0 Å². The number of aryl methyl sites for hydroxylation is 2. The molecule has 8 aromatic carbocycles. The molecule has 2 nitrogen and oxygen atoms in total. The first-order chi connectivity index (χ1) is 26.6. The van der Waals surface area contributed by atoms with E-state index in [2.05, 4.69) is 242 Å². The third-order valence-electron chi connectivity index (χ3n) is 9.95. The lowest BCUT2D eigenvalue weighted by molar-refractivity contribution is 1.25. The second kappa shape index (κ2) is 15.8. The standard InChI is InChI=1S/C52H42N2/c1-39-15-9-13-23-51(39)53(45-17-5-3-6-18-45)47-35-27-41(28-36-47)25-31-43-33-34-44(50-22-12-11-21-49(43)50)32-26-42-29-37-48(38-30-42)54(46-19-7-4-8-20-46)52-24-14-10-16-40(52)2/h3-38H,1-2H3. The van der Waals surface area contributed by atoms with Gasteiger partial charge in [-0.05, 0) is 119 Å². The summed E-state index contributed by atoms with van der Waals surface area (Å²) < 4.78 is 0. The number of rotatable bonds is 10. The van der Waals surface area contributed by atoms with Crippen molar-refractivity contribution in [2.45, 2.75) is 13.8 Å². The molecular weight excluding hydrogens is 653 g/mol. The van der Waals surface area contributed by atoms with Crippen LogP contribution in [0.25, 0.3) is 35.1 Å². The van der Waals surface area contributed by atoms with E-state index in [9.17, 15) is 0 Å². The van der Waals surface area contributed by atoms with Gasteiger partial charge in [0.25, 0.3) is 0 Å². The quantitative estimate of drug-likeness (QED) is 0.132. The van der Waals surface area contributed by atoms with Gasteiger partial charge in [-0.15, -0.1) is 0 Å². The van der Waals surface area contributed by atoms with Crippen LogP contribution in [0.1, 0.15) is 33.4 Å². The van der Waals surface area contributed by atoms with E-state index < -0.39 is 0 Å². The molecule has 0 aliphatic heterocycles. The number of anilines is 6. The van der Waals surface area contributed by atoms with Crippen molar-refractivity contribution in [1.82, 2.24) is 0 Å². The van der Waals surface area contributed by atoms with Gasteiger partial charge in [0.2, 0.25) is 0 Å². The lowest BCUT2D eigenvalue weighted by Crippen LogP contribution is -2.11. The second-order valence-corrected chi connectivity index (χ2v) is 13.6. The molecule has 0 saturated heterocycles. The molecule has 0 aliphatic rings. The number of benzene rings is 8. The van der Waals surface area contributed by atoms with Gasteiger partial charge in [-0.1, -0.05) is 158 Å². The normalized spacial score (nSPS) is 11.4. The van der Waals surface area contributed by atoms with Gasteiger partial charge in [0, 0.05) is 34.1 Å². The Morgan fingerprint density at radius 1 is 0.296 bits per heavy atom. The van der Waals surface area contributed by atoms with Crippen molar-refractivity contribution in [3.8, 4) is 0 Å². The zero-order valence-corrected chi connectivity index (χ0v) is 30.7. The van der Waals surface area contributed by atoms with Crippen LogP contribution >= 0.6 is 0 Å². The van der Waals surface area contributed by atoms with Gasteiger partial charge >= 0.3 is 0 Å². The van der Waals surface area contributed by atoms with Crippen molar-refractivity contribution in [3.63, 3.8) is 0 Å². The Kier molecular flexibility index (Phi) is 9.99. The van der Waals surface area contributed by atoms with Crippen LogP contribution in [-0.4, -0.2) is 0 Å². The van der Waals surface area contributed by atoms with Gasteiger partial charge < -0.3 is 9.80 Å². The van der Waals surface area contributed by atoms with Crippen LogP contribution in [0.15, 0.2) is 194 Å². The van der Waals surface area contributed by atoms with Crippen LogP contribution in [0.2, 0.25) is 0 Å². The van der Waals surface area contributed by atoms with Gasteiger partial charge in [-0.3, -0.25) is 0 Å². The highest BCUT2D eigenvalue weighted by molar-refractivity contribution is 5.99. The number of fused-ring (bicyclic) bond motifs is 1. The largest absolute Gasteiger partial charge is 0.310 e. The maximum Gasteiger partial charge on any atom is 0.0490 e. The zero-order chi connectivity index (χ0) is 36.7. The molecule has 8 rings (SSSR count). The number of para-hydroxylation sites is 4. The molecule has 2 heteroatoms. The number of hydrogen-bond acceptors (Lipinski definition) is 2. The van der Waals surface area contributed by atoms with Gasteiger partial charge in [0.1, 0.15) is 0 Å². The molecule has 0 amide bonds. The average Bonchev–Trinajstić information content (AvgIpc) is 3.23. The van der Waals surface area contributed by atoms with Crippen molar-refractivity contribution >= 4 is 69.2 Å². The highest BCUT2D eigenvalue weighted by Gasteiger charge is 2.15. The van der Waals surface area contributed by atoms with Crippen LogP contribution < -0.4 is 9.80 Å². The lowest BCUT2D eigenvalue weighted by Gasteiger charge is -2.27. The summed E-state index contributed by atoms with van der Waals surface area (Å²) >= 11 is 0. The maximum absolute atomic E-state index is 2.32. The first kappa shape index (κ1) is 34.2. The second-order valence-electron chi connectivity index (χ2n) is 13.6. The summed E-state index contributed by atoms with van der Waals surface area (Å²) in [5.74, 6) is 0. The molecular formula is C52H42N2. The highest BCUT2D eigenvalue weighted by Crippen LogP contribution is 2.38. The molecule has 54 heavy (non-hydrogen) atoms. The van der Waals surface area contributed by atoms with Gasteiger partial charge in [-0.25, -0.2) is 0 Å². The molecule has 0 atom stereocenters. The SMILES string of the molecule is Cc1ccccc1N(c1ccccc1)c1ccc(C=Cc2ccc(C=Cc3ccc(N(c4ccccc4)c4ccccc4C)cc3)c3ccccc23)cc1. The molecule has 0 saturated carbocycles. The third kappa shape index (κ3) is 7.37. The fourth-order valence-electron chi connectivity index (χ4n) is 7.11. The topological polar surface area (TPSA) is 6.48 Å². The Morgan fingerprint density at radius 2 is 0.630 bits per heavy atom. The van der Waals surface area contributed by atoms with Gasteiger partial charge in [-0.2, -0.15) is 0 Å². The third-order valence-corrected chi connectivity index (χ3v) is 9.95. The van der Waals surface area contributed by atoms with E-state index in [-0.39, 0.29) is 0 Å². The fraction of sp³-hybridized carbons (Fsp3) is 0.0385. The average molecular weight is 695 g/mol. The molecule has 0 unspecified atom stereocenters. The highest BCUT2D eigenvalue weighted by atomic mass is 15.1. The Bertz CT molecular complexity index is 2370. The summed E-state index contributed by atoms with van der Waals surface area (Å²) in [7, 11) is 0. The predicted octanol–water partition coefficient (Wildman–Crippen LogP) is 14.7. The number of hydrogen-bond donors (Lipinski definition) is 0. The fourth-order valence-corrected chi connectivity index (χ4v) is 7.11. The Balaban J connectivity index is 1.03. The summed E-state index contributed by atoms with van der Waals surface area (Å²) in [6, 6.07) is 69.0. The molecule has 0 radical (unpaired) electrons. The van der Waals surface area contributed by atoms with Crippen LogP contribution in [0.4, 0.5) is 34.1 Å². The van der Waals surface area contributed by atoms with Crippen molar-refractivity contribution in [2.75, 3.05) is 9.80 Å². The minimum Gasteiger partial charge on any atom is -0.310 e. The van der Waals surface area contributed by atoms with E-state index in [0.29, 0.717) is 0 Å². The first-order valence-corrected chi connectivity index (χ1v) is 18.5. The monoisotopic (exact) mass is 694 g/mol. The van der Waals surface area contributed by atoms with E-state index in [1.807, 2.05) is 0 Å². The van der Waals surface area contributed by atoms with Gasteiger partial charge in [0.15, 0.2) is 0 Å². The van der Waals surface area contributed by atoms with Crippen LogP contribution in [0, 0.1) is 13.8 Å². The van der Waals surface area contributed by atoms with Crippen LogP contribution in [-0.2, 0) is 0 Å². The molecule has 0 bridgehead atoms. The summed E-state index contributed by atoms with van der Waals surface area (Å²) in [5, 5.41) is 2.46. The summed E-state index contributed by atoms with van der Waals surface area (Å²) in [6.07, 6.45) is 8.87. The van der Waals surface area contributed by atoms with E-state index in [4.69, 9.17) is 0 Å². The predicted molar refractivity (Wildman–Crippen MR) is 234 cm³/mol. The molecule has 260 valence electrons. The molecule has 0 spiro atoms. The van der Waals surface area contributed by atoms with E-state index in [1.165, 1.54) is 44.4 Å². The molecule has 0 aromatic heterocycles. The molecule has 0 heterocycles.